The Hall–Kier alpha value is -3.82. The standard InChI is InChI=1S/C27H33N3O7/c1-17-22(36-25(34)35-17)15-27(23(31)32,12-7-13-28-24(33)37-26(2,3)4)14-19-21-11-10-18-8-5-6-9-20(18)30(21)16-29-19/h5-6,8-9,16H,7,10-15H2,1-4H3,(H,28,33)(H,31,32)/t27-/m1/s1. The van der Waals surface area contributed by atoms with Crippen LogP contribution in [0.3, 0.4) is 0 Å². The second-order valence-corrected chi connectivity index (χ2v) is 10.5. The first kappa shape index (κ1) is 26.2. The Labute approximate surface area is 214 Å². The van der Waals surface area contributed by atoms with Crippen LogP contribution in [-0.2, 0) is 35.2 Å². The molecule has 4 rings (SSSR count). The van der Waals surface area contributed by atoms with Gasteiger partial charge in [0.25, 0.3) is 0 Å². The van der Waals surface area contributed by atoms with Crippen molar-refractivity contribution in [3.05, 3.63) is 69.7 Å². The number of nitrogens with zero attached hydrogens (tertiary/aromatic N) is 2. The lowest BCUT2D eigenvalue weighted by Gasteiger charge is -2.29. The van der Waals surface area contributed by atoms with Crippen molar-refractivity contribution in [2.24, 2.45) is 5.41 Å². The second-order valence-electron chi connectivity index (χ2n) is 10.5. The van der Waals surface area contributed by atoms with Crippen molar-refractivity contribution in [1.29, 1.82) is 0 Å². The van der Waals surface area contributed by atoms with Gasteiger partial charge in [-0.1, -0.05) is 18.2 Å². The molecule has 0 unspecified atom stereocenters. The van der Waals surface area contributed by atoms with Gasteiger partial charge >= 0.3 is 17.9 Å². The number of carbonyl (C=O) groups is 2. The van der Waals surface area contributed by atoms with E-state index in [4.69, 9.17) is 13.6 Å². The van der Waals surface area contributed by atoms with Gasteiger partial charge in [0.05, 0.1) is 17.4 Å². The molecule has 0 bridgehead atoms. The van der Waals surface area contributed by atoms with E-state index in [0.717, 1.165) is 24.2 Å². The summed E-state index contributed by atoms with van der Waals surface area (Å²) in [7, 11) is 0. The van der Waals surface area contributed by atoms with E-state index in [9.17, 15) is 19.5 Å². The summed E-state index contributed by atoms with van der Waals surface area (Å²) in [6, 6.07) is 8.08. The molecule has 0 radical (unpaired) electrons. The number of aromatic nitrogens is 2. The van der Waals surface area contributed by atoms with Crippen molar-refractivity contribution in [3.8, 4) is 5.69 Å². The summed E-state index contributed by atoms with van der Waals surface area (Å²) in [5.41, 5.74) is 1.95. The summed E-state index contributed by atoms with van der Waals surface area (Å²) in [4.78, 5) is 41.2. The second kappa shape index (κ2) is 10.3. The number of ether oxygens (including phenoxy) is 1. The lowest BCUT2D eigenvalue weighted by molar-refractivity contribution is -0.149. The van der Waals surface area contributed by atoms with Crippen molar-refractivity contribution < 1.29 is 28.3 Å². The predicted octanol–water partition coefficient (Wildman–Crippen LogP) is 3.99. The van der Waals surface area contributed by atoms with E-state index in [1.54, 1.807) is 34.0 Å². The van der Waals surface area contributed by atoms with Crippen LogP contribution in [0.25, 0.3) is 5.69 Å². The number of para-hydroxylation sites is 1. The normalized spacial score (nSPS) is 14.4. The van der Waals surface area contributed by atoms with E-state index in [0.29, 0.717) is 12.1 Å². The fraction of sp³-hybridized carbons (Fsp3) is 0.481. The molecule has 1 aromatic carbocycles. The van der Waals surface area contributed by atoms with Crippen LogP contribution in [-0.4, -0.2) is 38.9 Å². The molecule has 0 spiro atoms. The van der Waals surface area contributed by atoms with Gasteiger partial charge in [0, 0.05) is 30.8 Å². The Bertz CT molecular complexity index is 1340. The summed E-state index contributed by atoms with van der Waals surface area (Å²) in [6.45, 7) is 7.12. The number of carboxylic acids is 1. The number of carbonyl (C=O) groups excluding carboxylic acids is 1. The lowest BCUT2D eigenvalue weighted by Crippen LogP contribution is -2.38. The Morgan fingerprint density at radius 3 is 2.59 bits per heavy atom. The number of aliphatic carboxylic acids is 1. The van der Waals surface area contributed by atoms with Crippen LogP contribution in [0, 0.1) is 12.3 Å². The summed E-state index contributed by atoms with van der Waals surface area (Å²) in [5.74, 6) is -1.45. The van der Waals surface area contributed by atoms with Gasteiger partial charge in [-0.05, 0) is 65.0 Å². The summed E-state index contributed by atoms with van der Waals surface area (Å²) in [6.07, 6.45) is 3.41. The first-order chi connectivity index (χ1) is 17.5. The fourth-order valence-electron chi connectivity index (χ4n) is 4.83. The Balaban J connectivity index is 1.60. The molecule has 1 aliphatic rings. The number of aryl methyl sites for hydroxylation is 2. The number of benzene rings is 1. The minimum absolute atomic E-state index is 0.0464. The van der Waals surface area contributed by atoms with Gasteiger partial charge < -0.3 is 28.6 Å². The molecule has 0 aliphatic carbocycles. The van der Waals surface area contributed by atoms with Crippen LogP contribution in [0.2, 0.25) is 0 Å². The van der Waals surface area contributed by atoms with E-state index >= 15 is 0 Å². The van der Waals surface area contributed by atoms with Crippen molar-refractivity contribution in [3.63, 3.8) is 0 Å². The van der Waals surface area contributed by atoms with Gasteiger partial charge in [0.2, 0.25) is 0 Å². The summed E-state index contributed by atoms with van der Waals surface area (Å²) in [5, 5.41) is 13.2. The van der Waals surface area contributed by atoms with E-state index in [1.807, 2.05) is 22.8 Å². The Kier molecular flexibility index (Phi) is 7.29. The molecule has 0 saturated heterocycles. The average molecular weight is 512 g/mol. The number of fused-ring (bicyclic) bond motifs is 3. The van der Waals surface area contributed by atoms with Crippen LogP contribution in [0.1, 0.15) is 62.1 Å². The van der Waals surface area contributed by atoms with Crippen molar-refractivity contribution in [2.45, 2.75) is 71.8 Å². The van der Waals surface area contributed by atoms with Crippen molar-refractivity contribution in [1.82, 2.24) is 14.9 Å². The van der Waals surface area contributed by atoms with Crippen LogP contribution in [0.15, 0.2) is 44.2 Å². The minimum atomic E-state index is -1.34. The van der Waals surface area contributed by atoms with Gasteiger partial charge in [-0.3, -0.25) is 4.79 Å². The zero-order valence-electron chi connectivity index (χ0n) is 21.6. The highest BCUT2D eigenvalue weighted by Crippen LogP contribution is 2.36. The number of imidazole rings is 1. The number of alkyl carbamates (subject to hydrolysis) is 1. The highest BCUT2D eigenvalue weighted by molar-refractivity contribution is 5.75. The number of hydrogen-bond donors (Lipinski definition) is 2. The number of hydrogen-bond acceptors (Lipinski definition) is 7. The molecule has 3 heterocycles. The maximum atomic E-state index is 12.9. The van der Waals surface area contributed by atoms with Gasteiger partial charge in [-0.2, -0.15) is 0 Å². The van der Waals surface area contributed by atoms with Gasteiger partial charge in [-0.15, -0.1) is 0 Å². The highest BCUT2D eigenvalue weighted by Gasteiger charge is 2.42. The predicted molar refractivity (Wildman–Crippen MR) is 134 cm³/mol. The van der Waals surface area contributed by atoms with Gasteiger partial charge in [0.15, 0.2) is 5.76 Å². The zero-order chi connectivity index (χ0) is 26.8. The Morgan fingerprint density at radius 1 is 1.16 bits per heavy atom. The molecule has 1 aliphatic heterocycles. The molecule has 3 aromatic rings. The highest BCUT2D eigenvalue weighted by atomic mass is 16.6. The van der Waals surface area contributed by atoms with Crippen LogP contribution < -0.4 is 11.1 Å². The van der Waals surface area contributed by atoms with Crippen molar-refractivity contribution >= 4 is 12.1 Å². The summed E-state index contributed by atoms with van der Waals surface area (Å²) >= 11 is 0. The largest absolute Gasteiger partial charge is 0.519 e. The van der Waals surface area contributed by atoms with E-state index in [-0.39, 0.29) is 37.3 Å². The van der Waals surface area contributed by atoms with E-state index in [2.05, 4.69) is 16.4 Å². The number of amides is 1. The molecule has 37 heavy (non-hydrogen) atoms. The molecule has 2 N–H and O–H groups in total. The molecular weight excluding hydrogens is 478 g/mol. The molecule has 1 atom stereocenters. The third-order valence-corrected chi connectivity index (χ3v) is 6.63. The monoisotopic (exact) mass is 511 g/mol. The van der Waals surface area contributed by atoms with Crippen LogP contribution in [0.4, 0.5) is 4.79 Å². The third-order valence-electron chi connectivity index (χ3n) is 6.63. The smallest absolute Gasteiger partial charge is 0.481 e. The van der Waals surface area contributed by atoms with Gasteiger partial charge in [-0.25, -0.2) is 14.6 Å². The quantitative estimate of drug-likeness (QED) is 0.412. The first-order valence-electron chi connectivity index (χ1n) is 12.4. The average Bonchev–Trinajstić information content (AvgIpc) is 3.37. The van der Waals surface area contributed by atoms with Crippen LogP contribution >= 0.6 is 0 Å². The number of carboxylic acid groups (broad SMARTS) is 1. The fourth-order valence-corrected chi connectivity index (χ4v) is 4.83. The number of nitrogens with one attached hydrogen (secondary N) is 1. The molecule has 1 amide bonds. The zero-order valence-corrected chi connectivity index (χ0v) is 21.6. The molecule has 0 saturated carbocycles. The molecular formula is C27H33N3O7. The maximum absolute atomic E-state index is 12.9. The summed E-state index contributed by atoms with van der Waals surface area (Å²) < 4.78 is 17.5. The Morgan fingerprint density at radius 2 is 1.92 bits per heavy atom. The molecule has 0 fully saturated rings. The van der Waals surface area contributed by atoms with Gasteiger partial charge in [0.1, 0.15) is 11.4 Å². The minimum Gasteiger partial charge on any atom is -0.481 e. The molecule has 10 heteroatoms. The lowest BCUT2D eigenvalue weighted by atomic mass is 9.74. The SMILES string of the molecule is Cc1oc(=O)oc1C[C@@](CCCNC(=O)OC(C)(C)C)(Cc1ncn2c1CCc1ccccc1-2)C(=O)O. The topological polar surface area (TPSA) is 137 Å². The third kappa shape index (κ3) is 5.95. The van der Waals surface area contributed by atoms with E-state index < -0.39 is 28.9 Å². The first-order valence-corrected chi connectivity index (χ1v) is 12.4. The molecule has 10 nitrogen and oxygen atoms in total. The maximum Gasteiger partial charge on any atom is 0.519 e. The number of rotatable bonds is 9. The van der Waals surface area contributed by atoms with Crippen LogP contribution in [0.5, 0.6) is 0 Å². The van der Waals surface area contributed by atoms with Crippen molar-refractivity contribution in [2.75, 3.05) is 6.54 Å². The van der Waals surface area contributed by atoms with E-state index in [1.165, 1.54) is 5.56 Å². The molecule has 198 valence electrons. The molecule has 2 aromatic heterocycles.